The molecule has 8 heteroatoms. The third-order valence-corrected chi connectivity index (χ3v) is 4.53. The molecule has 0 atom stereocenters. The number of aryl methyl sites for hydroxylation is 1. The number of carbonyl (C=O) groups is 3. The number of carbonyl (C=O) groups excluding carboxylic acids is 3. The van der Waals surface area contributed by atoms with E-state index in [9.17, 15) is 14.4 Å². The first-order valence-electron chi connectivity index (χ1n) is 8.80. The van der Waals surface area contributed by atoms with Gasteiger partial charge in [0.1, 0.15) is 6.61 Å². The fourth-order valence-corrected chi connectivity index (χ4v) is 3.16. The van der Waals surface area contributed by atoms with E-state index in [1.807, 2.05) is 24.3 Å². The number of hydrogen-bond acceptors (Lipinski definition) is 7. The number of benzene rings is 1. The SMILES string of the molecule is CCOC(=O)/C=C/C(=O)OCc1csc(N(C(C)=O)c2ccc(CC)cc2)n1. The maximum Gasteiger partial charge on any atom is 0.331 e. The molecule has 0 aliphatic carbocycles. The van der Waals surface area contributed by atoms with Gasteiger partial charge in [-0.2, -0.15) is 0 Å². The van der Waals surface area contributed by atoms with E-state index in [1.165, 1.54) is 28.7 Å². The van der Waals surface area contributed by atoms with Gasteiger partial charge in [-0.3, -0.25) is 9.69 Å². The normalized spacial score (nSPS) is 10.7. The van der Waals surface area contributed by atoms with Gasteiger partial charge in [0, 0.05) is 24.5 Å². The maximum atomic E-state index is 12.1. The minimum atomic E-state index is -0.679. The summed E-state index contributed by atoms with van der Waals surface area (Å²) in [7, 11) is 0. The standard InChI is InChI=1S/C20H22N2O5S/c1-4-15-6-8-17(9-7-15)22(14(3)23)20-21-16(13-28-20)12-27-19(25)11-10-18(24)26-5-2/h6-11,13H,4-5,12H2,1-3H3/b11-10+. The Balaban J connectivity index is 2.03. The van der Waals surface area contributed by atoms with Gasteiger partial charge in [0.05, 0.1) is 18.0 Å². The number of rotatable bonds is 8. The van der Waals surface area contributed by atoms with Crippen molar-refractivity contribution in [3.63, 3.8) is 0 Å². The Morgan fingerprint density at radius 3 is 2.29 bits per heavy atom. The Labute approximate surface area is 167 Å². The summed E-state index contributed by atoms with van der Waals surface area (Å²) < 4.78 is 9.74. The van der Waals surface area contributed by atoms with Crippen LogP contribution in [0, 0.1) is 0 Å². The minimum absolute atomic E-state index is 0.0665. The third-order valence-electron chi connectivity index (χ3n) is 3.65. The van der Waals surface area contributed by atoms with E-state index in [0.29, 0.717) is 10.8 Å². The zero-order valence-corrected chi connectivity index (χ0v) is 16.8. The second kappa shape index (κ2) is 10.4. The zero-order valence-electron chi connectivity index (χ0n) is 16.0. The van der Waals surface area contributed by atoms with E-state index in [4.69, 9.17) is 4.74 Å². The lowest BCUT2D eigenvalue weighted by Crippen LogP contribution is -2.22. The van der Waals surface area contributed by atoms with E-state index >= 15 is 0 Å². The molecule has 0 aliphatic heterocycles. The van der Waals surface area contributed by atoms with Gasteiger partial charge in [-0.05, 0) is 31.0 Å². The van der Waals surface area contributed by atoms with E-state index in [-0.39, 0.29) is 19.1 Å². The van der Waals surface area contributed by atoms with Crippen molar-refractivity contribution in [2.45, 2.75) is 33.8 Å². The molecule has 0 unspecified atom stereocenters. The molecule has 0 aliphatic rings. The summed E-state index contributed by atoms with van der Waals surface area (Å²) in [6.07, 6.45) is 2.93. The predicted molar refractivity (Wildman–Crippen MR) is 106 cm³/mol. The van der Waals surface area contributed by atoms with Crippen LogP contribution in [-0.4, -0.2) is 29.4 Å². The molecule has 148 valence electrons. The summed E-state index contributed by atoms with van der Waals surface area (Å²) in [5, 5.41) is 2.21. The number of aromatic nitrogens is 1. The maximum absolute atomic E-state index is 12.1. The summed E-state index contributed by atoms with van der Waals surface area (Å²) in [6.45, 7) is 5.37. The Hall–Kier alpha value is -3.00. The van der Waals surface area contributed by atoms with Crippen LogP contribution in [-0.2, 0) is 36.9 Å². The molecule has 1 heterocycles. The molecule has 0 bridgehead atoms. The summed E-state index contributed by atoms with van der Waals surface area (Å²) in [4.78, 5) is 40.8. The number of nitrogens with zero attached hydrogens (tertiary/aromatic N) is 2. The van der Waals surface area contributed by atoms with Crippen molar-refractivity contribution < 1.29 is 23.9 Å². The van der Waals surface area contributed by atoms with Crippen LogP contribution >= 0.6 is 11.3 Å². The fraction of sp³-hybridized carbons (Fsp3) is 0.300. The quantitative estimate of drug-likeness (QED) is 0.496. The van der Waals surface area contributed by atoms with Gasteiger partial charge in [-0.15, -0.1) is 11.3 Å². The van der Waals surface area contributed by atoms with Gasteiger partial charge in [-0.1, -0.05) is 19.1 Å². The summed E-state index contributed by atoms with van der Waals surface area (Å²) in [5.74, 6) is -1.46. The highest BCUT2D eigenvalue weighted by molar-refractivity contribution is 7.14. The molecule has 0 fully saturated rings. The van der Waals surface area contributed by atoms with Crippen molar-refractivity contribution >= 4 is 40.0 Å². The fourth-order valence-electron chi connectivity index (χ4n) is 2.29. The average Bonchev–Trinajstić information content (AvgIpc) is 3.14. The van der Waals surface area contributed by atoms with Gasteiger partial charge >= 0.3 is 11.9 Å². The van der Waals surface area contributed by atoms with Crippen molar-refractivity contribution in [1.82, 2.24) is 4.98 Å². The highest BCUT2D eigenvalue weighted by Gasteiger charge is 2.18. The van der Waals surface area contributed by atoms with Crippen LogP contribution < -0.4 is 4.90 Å². The smallest absolute Gasteiger partial charge is 0.331 e. The molecule has 28 heavy (non-hydrogen) atoms. The molecule has 7 nitrogen and oxygen atoms in total. The molecule has 1 aromatic heterocycles. The molecular weight excluding hydrogens is 380 g/mol. The van der Waals surface area contributed by atoms with Crippen LogP contribution in [0.5, 0.6) is 0 Å². The Morgan fingerprint density at radius 1 is 1.07 bits per heavy atom. The first-order chi connectivity index (χ1) is 13.4. The molecule has 0 spiro atoms. The van der Waals surface area contributed by atoms with Gasteiger partial charge in [-0.25, -0.2) is 14.6 Å². The van der Waals surface area contributed by atoms with Gasteiger partial charge in [0.15, 0.2) is 5.13 Å². The third kappa shape index (κ3) is 6.02. The van der Waals surface area contributed by atoms with Crippen LogP contribution in [0.4, 0.5) is 10.8 Å². The van der Waals surface area contributed by atoms with Gasteiger partial charge in [0.25, 0.3) is 0 Å². The first kappa shape index (κ1) is 21.3. The molecule has 0 radical (unpaired) electrons. The highest BCUT2D eigenvalue weighted by Crippen LogP contribution is 2.29. The summed E-state index contributed by atoms with van der Waals surface area (Å²) in [5.41, 5.74) is 2.41. The number of ether oxygens (including phenoxy) is 2. The van der Waals surface area contributed by atoms with E-state index in [0.717, 1.165) is 24.3 Å². The Morgan fingerprint density at radius 2 is 1.71 bits per heavy atom. The van der Waals surface area contributed by atoms with Crippen LogP contribution in [0.3, 0.4) is 0 Å². The summed E-state index contributed by atoms with van der Waals surface area (Å²) >= 11 is 1.28. The lowest BCUT2D eigenvalue weighted by atomic mass is 10.1. The minimum Gasteiger partial charge on any atom is -0.463 e. The van der Waals surface area contributed by atoms with Crippen molar-refractivity contribution in [3.8, 4) is 0 Å². The van der Waals surface area contributed by atoms with Crippen molar-refractivity contribution in [3.05, 3.63) is 53.1 Å². The van der Waals surface area contributed by atoms with Gasteiger partial charge < -0.3 is 9.47 Å². The Kier molecular flexibility index (Phi) is 7.88. The van der Waals surface area contributed by atoms with Crippen molar-refractivity contribution in [2.75, 3.05) is 11.5 Å². The Bertz CT molecular complexity index is 858. The largest absolute Gasteiger partial charge is 0.463 e. The second-order valence-electron chi connectivity index (χ2n) is 5.69. The molecule has 0 N–H and O–H groups in total. The first-order valence-corrected chi connectivity index (χ1v) is 9.68. The van der Waals surface area contributed by atoms with E-state index in [2.05, 4.69) is 16.6 Å². The predicted octanol–water partition coefficient (Wildman–Crippen LogP) is 3.55. The average molecular weight is 402 g/mol. The topological polar surface area (TPSA) is 85.8 Å². The molecule has 2 rings (SSSR count). The number of amides is 1. The van der Waals surface area contributed by atoms with Gasteiger partial charge in [0.2, 0.25) is 5.91 Å². The van der Waals surface area contributed by atoms with Crippen LogP contribution in [0.15, 0.2) is 41.8 Å². The number of anilines is 2. The number of esters is 2. The lowest BCUT2D eigenvalue weighted by Gasteiger charge is -2.18. The van der Waals surface area contributed by atoms with Crippen molar-refractivity contribution in [2.24, 2.45) is 0 Å². The van der Waals surface area contributed by atoms with E-state index < -0.39 is 11.9 Å². The van der Waals surface area contributed by atoms with Crippen LogP contribution in [0.25, 0.3) is 0 Å². The number of hydrogen-bond donors (Lipinski definition) is 0. The van der Waals surface area contributed by atoms with Crippen LogP contribution in [0.2, 0.25) is 0 Å². The number of thiazole rings is 1. The summed E-state index contributed by atoms with van der Waals surface area (Å²) in [6, 6.07) is 7.69. The molecular formula is C20H22N2O5S. The zero-order chi connectivity index (χ0) is 20.5. The monoisotopic (exact) mass is 402 g/mol. The van der Waals surface area contributed by atoms with Crippen molar-refractivity contribution in [1.29, 1.82) is 0 Å². The van der Waals surface area contributed by atoms with E-state index in [1.54, 1.807) is 12.3 Å². The lowest BCUT2D eigenvalue weighted by molar-refractivity contribution is -0.141. The highest BCUT2D eigenvalue weighted by atomic mass is 32.1. The van der Waals surface area contributed by atoms with Crippen LogP contribution in [0.1, 0.15) is 32.0 Å². The molecule has 0 saturated heterocycles. The molecule has 0 saturated carbocycles. The molecule has 1 amide bonds. The molecule has 2 aromatic rings. The second-order valence-corrected chi connectivity index (χ2v) is 6.53. The molecule has 1 aromatic carbocycles.